The second-order valence-electron chi connectivity index (χ2n) is 3.05. The second kappa shape index (κ2) is 4.26. The van der Waals surface area contributed by atoms with Crippen LogP contribution >= 0.6 is 0 Å². The molecule has 0 saturated heterocycles. The predicted molar refractivity (Wildman–Crippen MR) is 48.7 cm³/mol. The molecule has 0 saturated carbocycles. The van der Waals surface area contributed by atoms with Crippen LogP contribution < -0.4 is 0 Å². The summed E-state index contributed by atoms with van der Waals surface area (Å²) < 4.78 is 5.17. The first-order chi connectivity index (χ1) is 5.46. The lowest BCUT2D eigenvalue weighted by molar-refractivity contribution is -0.170. The van der Waals surface area contributed by atoms with Gasteiger partial charge in [-0.15, -0.1) is 0 Å². The van der Waals surface area contributed by atoms with Crippen molar-refractivity contribution in [3.05, 3.63) is 12.7 Å². The minimum Gasteiger partial charge on any atom is -0.441 e. The lowest BCUT2D eigenvalue weighted by atomic mass is 10.2. The largest absolute Gasteiger partial charge is 0.441 e. The summed E-state index contributed by atoms with van der Waals surface area (Å²) in [5.41, 5.74) is -0.523. The van der Waals surface area contributed by atoms with E-state index in [1.807, 2.05) is 32.8 Å². The first-order valence-electron chi connectivity index (χ1n) is 3.99. The van der Waals surface area contributed by atoms with Crippen LogP contribution in [-0.4, -0.2) is 30.7 Å². The van der Waals surface area contributed by atoms with Gasteiger partial charge in [-0.05, 0) is 27.4 Å². The van der Waals surface area contributed by atoms with E-state index in [2.05, 4.69) is 6.58 Å². The predicted octanol–water partition coefficient (Wildman–Crippen LogP) is 1.40. The molecule has 0 aromatic carbocycles. The van der Waals surface area contributed by atoms with Crippen LogP contribution in [0.2, 0.25) is 0 Å². The summed E-state index contributed by atoms with van der Waals surface area (Å²) in [5, 5.41) is 0. The molecule has 0 fully saturated rings. The van der Waals surface area contributed by atoms with E-state index < -0.39 is 5.72 Å². The van der Waals surface area contributed by atoms with Crippen molar-refractivity contribution >= 4 is 5.97 Å². The van der Waals surface area contributed by atoms with Crippen LogP contribution in [0.1, 0.15) is 20.3 Å². The van der Waals surface area contributed by atoms with Crippen LogP contribution in [0.15, 0.2) is 12.7 Å². The summed E-state index contributed by atoms with van der Waals surface area (Å²) >= 11 is 0. The van der Waals surface area contributed by atoms with Crippen molar-refractivity contribution in [1.82, 2.24) is 4.90 Å². The van der Waals surface area contributed by atoms with Gasteiger partial charge in [0.05, 0.1) is 0 Å². The van der Waals surface area contributed by atoms with Crippen LogP contribution in [0.25, 0.3) is 0 Å². The fourth-order valence-electron chi connectivity index (χ4n) is 0.738. The van der Waals surface area contributed by atoms with Gasteiger partial charge < -0.3 is 4.74 Å². The number of esters is 1. The molecule has 0 bridgehead atoms. The van der Waals surface area contributed by atoms with Crippen molar-refractivity contribution in [2.45, 2.75) is 26.0 Å². The van der Waals surface area contributed by atoms with Crippen molar-refractivity contribution < 1.29 is 9.53 Å². The maximum Gasteiger partial charge on any atom is 0.331 e. The molecule has 0 rings (SSSR count). The number of hydrogen-bond donors (Lipinski definition) is 0. The molecule has 3 heteroatoms. The summed E-state index contributed by atoms with van der Waals surface area (Å²) in [6.45, 7) is 7.18. The Labute approximate surface area is 74.0 Å². The molecule has 70 valence electrons. The minimum absolute atomic E-state index is 0.381. The van der Waals surface area contributed by atoms with Gasteiger partial charge in [0.2, 0.25) is 0 Å². The lowest BCUT2D eigenvalue weighted by Crippen LogP contribution is -2.44. The molecule has 1 unspecified atom stereocenters. The highest BCUT2D eigenvalue weighted by molar-refractivity contribution is 5.81. The standard InChI is InChI=1S/C9H17NO2/c1-6-8(11)12-9(3,7-2)10(4)5/h6H,1,7H2,2-5H3. The van der Waals surface area contributed by atoms with Gasteiger partial charge in [-0.25, -0.2) is 4.79 Å². The van der Waals surface area contributed by atoms with Gasteiger partial charge in [-0.3, -0.25) is 4.90 Å². The molecule has 0 amide bonds. The maximum atomic E-state index is 10.9. The van der Waals surface area contributed by atoms with Gasteiger partial charge in [0, 0.05) is 6.08 Å². The quantitative estimate of drug-likeness (QED) is 0.364. The Morgan fingerprint density at radius 3 is 2.42 bits per heavy atom. The van der Waals surface area contributed by atoms with Gasteiger partial charge in [-0.1, -0.05) is 13.5 Å². The second-order valence-corrected chi connectivity index (χ2v) is 3.05. The summed E-state index contributed by atoms with van der Waals surface area (Å²) in [4.78, 5) is 12.8. The number of nitrogens with zero attached hydrogens (tertiary/aromatic N) is 1. The van der Waals surface area contributed by atoms with E-state index in [0.29, 0.717) is 0 Å². The molecule has 0 radical (unpaired) electrons. The van der Waals surface area contributed by atoms with Crippen LogP contribution in [-0.2, 0) is 9.53 Å². The molecule has 0 aliphatic heterocycles. The molecule has 3 nitrogen and oxygen atoms in total. The molecular formula is C9H17NO2. The number of rotatable bonds is 4. The van der Waals surface area contributed by atoms with Gasteiger partial charge in [-0.2, -0.15) is 0 Å². The molecule has 0 aromatic rings. The monoisotopic (exact) mass is 171 g/mol. The Kier molecular flexibility index (Phi) is 3.96. The zero-order valence-electron chi connectivity index (χ0n) is 8.26. The molecule has 12 heavy (non-hydrogen) atoms. The van der Waals surface area contributed by atoms with E-state index in [4.69, 9.17) is 4.74 Å². The smallest absolute Gasteiger partial charge is 0.331 e. The van der Waals surface area contributed by atoms with E-state index >= 15 is 0 Å². The van der Waals surface area contributed by atoms with Gasteiger partial charge in [0.1, 0.15) is 0 Å². The Morgan fingerprint density at radius 1 is 1.67 bits per heavy atom. The SMILES string of the molecule is C=CC(=O)OC(C)(CC)N(C)C. The van der Waals surface area contributed by atoms with Crippen molar-refractivity contribution in [1.29, 1.82) is 0 Å². The Balaban J connectivity index is 4.33. The molecule has 0 N–H and O–H groups in total. The molecule has 1 atom stereocenters. The average Bonchev–Trinajstić information content (AvgIpc) is 2.03. The highest BCUT2D eigenvalue weighted by Gasteiger charge is 2.27. The van der Waals surface area contributed by atoms with Crippen molar-refractivity contribution in [3.8, 4) is 0 Å². The molecule has 0 aliphatic rings. The summed E-state index contributed by atoms with van der Waals surface area (Å²) in [5.74, 6) is -0.381. The Morgan fingerprint density at radius 2 is 2.17 bits per heavy atom. The Bertz CT molecular complexity index is 177. The summed E-state index contributed by atoms with van der Waals surface area (Å²) in [6, 6.07) is 0. The van der Waals surface area contributed by atoms with Crippen molar-refractivity contribution in [2.24, 2.45) is 0 Å². The number of ether oxygens (including phenoxy) is 1. The number of hydrogen-bond acceptors (Lipinski definition) is 3. The van der Waals surface area contributed by atoms with E-state index in [1.54, 1.807) is 0 Å². The minimum atomic E-state index is -0.523. The highest BCUT2D eigenvalue weighted by atomic mass is 16.6. The molecule has 0 aliphatic carbocycles. The van der Waals surface area contributed by atoms with E-state index in [1.165, 1.54) is 6.08 Å². The van der Waals surface area contributed by atoms with Gasteiger partial charge >= 0.3 is 5.97 Å². The molecule has 0 aromatic heterocycles. The zero-order chi connectivity index (χ0) is 9.78. The van der Waals surface area contributed by atoms with Gasteiger partial charge in [0.15, 0.2) is 5.72 Å². The first-order valence-corrected chi connectivity index (χ1v) is 3.99. The zero-order valence-corrected chi connectivity index (χ0v) is 8.26. The van der Waals surface area contributed by atoms with E-state index in [0.717, 1.165) is 6.42 Å². The number of carbonyl (C=O) groups excluding carboxylic acids is 1. The fourth-order valence-corrected chi connectivity index (χ4v) is 0.738. The Hall–Kier alpha value is -0.830. The third-order valence-corrected chi connectivity index (χ3v) is 2.09. The summed E-state index contributed by atoms with van der Waals surface area (Å²) in [6.07, 6.45) is 1.93. The van der Waals surface area contributed by atoms with Crippen LogP contribution in [0.4, 0.5) is 0 Å². The molecule has 0 spiro atoms. The third kappa shape index (κ3) is 2.66. The highest BCUT2D eigenvalue weighted by Crippen LogP contribution is 2.17. The first kappa shape index (κ1) is 11.2. The van der Waals surface area contributed by atoms with Crippen LogP contribution in [0.5, 0.6) is 0 Å². The van der Waals surface area contributed by atoms with Crippen LogP contribution in [0, 0.1) is 0 Å². The van der Waals surface area contributed by atoms with Crippen molar-refractivity contribution in [3.63, 3.8) is 0 Å². The molecule has 0 heterocycles. The lowest BCUT2D eigenvalue weighted by Gasteiger charge is -2.34. The van der Waals surface area contributed by atoms with E-state index in [-0.39, 0.29) is 5.97 Å². The van der Waals surface area contributed by atoms with E-state index in [9.17, 15) is 4.79 Å². The topological polar surface area (TPSA) is 29.5 Å². The third-order valence-electron chi connectivity index (χ3n) is 2.09. The maximum absolute atomic E-state index is 10.9. The number of carbonyl (C=O) groups is 1. The van der Waals surface area contributed by atoms with Crippen molar-refractivity contribution in [2.75, 3.05) is 14.1 Å². The molecular weight excluding hydrogens is 154 g/mol. The summed E-state index contributed by atoms with van der Waals surface area (Å²) in [7, 11) is 3.75. The fraction of sp³-hybridized carbons (Fsp3) is 0.667. The normalized spacial score (nSPS) is 15.4. The van der Waals surface area contributed by atoms with Crippen LogP contribution in [0.3, 0.4) is 0 Å². The van der Waals surface area contributed by atoms with Gasteiger partial charge in [0.25, 0.3) is 0 Å². The average molecular weight is 171 g/mol.